The maximum absolute atomic E-state index is 14.9. The molecule has 8 rings (SSSR count). The number of carbonyl (C=O) groups is 7. The van der Waals surface area contributed by atoms with Gasteiger partial charge in [-0.3, -0.25) is 43.8 Å². The first-order valence-corrected chi connectivity index (χ1v) is 22.5. The molecule has 7 aliphatic rings. The summed E-state index contributed by atoms with van der Waals surface area (Å²) in [7, 11) is 0. The molecule has 61 heavy (non-hydrogen) atoms. The predicted molar refractivity (Wildman–Crippen MR) is 227 cm³/mol. The lowest BCUT2D eigenvalue weighted by Gasteiger charge is -2.69. The Labute approximate surface area is 359 Å². The van der Waals surface area contributed by atoms with Gasteiger partial charge < -0.3 is 10.6 Å². The smallest absolute Gasteiger partial charge is 0.264 e. The third-order valence-electron chi connectivity index (χ3n) is 17.2. The lowest BCUT2D eigenvalue weighted by Crippen LogP contribution is -2.66. The number of allylic oxidation sites excluding steroid dienone is 4. The van der Waals surface area contributed by atoms with Gasteiger partial charge in [0, 0.05) is 41.9 Å². The second-order valence-corrected chi connectivity index (χ2v) is 21.3. The molecule has 324 valence electrons. The molecule has 1 aromatic carbocycles. The van der Waals surface area contributed by atoms with Crippen molar-refractivity contribution in [3.05, 3.63) is 52.6 Å². The molecule has 12 nitrogen and oxygen atoms in total. The van der Waals surface area contributed by atoms with E-state index < -0.39 is 51.3 Å². The highest BCUT2D eigenvalue weighted by Gasteiger charge is 2.71. The molecule has 0 bridgehead atoms. The van der Waals surface area contributed by atoms with Gasteiger partial charge in [-0.15, -0.1) is 0 Å². The minimum absolute atomic E-state index is 0.0211. The number of fused-ring (bicyclic) bond motifs is 8. The van der Waals surface area contributed by atoms with E-state index in [2.05, 4.69) is 56.6 Å². The number of amides is 5. The number of unbranched alkanes of at least 4 members (excludes halogenated alkanes) is 2. The van der Waals surface area contributed by atoms with E-state index in [9.17, 15) is 38.8 Å². The van der Waals surface area contributed by atoms with Crippen LogP contribution in [0.3, 0.4) is 0 Å². The van der Waals surface area contributed by atoms with Gasteiger partial charge in [-0.05, 0) is 117 Å². The van der Waals surface area contributed by atoms with Crippen molar-refractivity contribution in [1.29, 1.82) is 5.26 Å². The molecule has 0 spiro atoms. The molecule has 5 amide bonds. The zero-order valence-electron chi connectivity index (χ0n) is 36.8. The topological polar surface area (TPSA) is 183 Å². The highest BCUT2D eigenvalue weighted by Crippen LogP contribution is 2.74. The number of benzene rings is 1. The molecule has 8 atom stereocenters. The van der Waals surface area contributed by atoms with Crippen LogP contribution < -0.4 is 16.0 Å². The summed E-state index contributed by atoms with van der Waals surface area (Å²) >= 11 is 0. The monoisotopic (exact) mass is 831 g/mol. The number of nitriles is 1. The van der Waals surface area contributed by atoms with Crippen LogP contribution in [0.5, 0.6) is 0 Å². The van der Waals surface area contributed by atoms with Crippen LogP contribution >= 0.6 is 0 Å². The van der Waals surface area contributed by atoms with Crippen molar-refractivity contribution in [3.8, 4) is 6.07 Å². The molecular formula is C49H61N5O7. The Kier molecular flexibility index (Phi) is 10.2. The van der Waals surface area contributed by atoms with Crippen LogP contribution in [0.4, 0.5) is 5.69 Å². The molecule has 3 saturated carbocycles. The van der Waals surface area contributed by atoms with Crippen LogP contribution in [0.1, 0.15) is 146 Å². The minimum atomic E-state index is -1.03. The molecular weight excluding hydrogens is 771 g/mol. The molecule has 0 radical (unpaired) electrons. The number of imide groups is 2. The van der Waals surface area contributed by atoms with E-state index in [1.165, 1.54) is 0 Å². The van der Waals surface area contributed by atoms with E-state index in [1.807, 2.05) is 26.0 Å². The Morgan fingerprint density at radius 3 is 2.33 bits per heavy atom. The fourth-order valence-electron chi connectivity index (χ4n) is 13.7. The molecule has 2 aliphatic heterocycles. The highest BCUT2D eigenvalue weighted by atomic mass is 16.2. The van der Waals surface area contributed by atoms with Crippen molar-refractivity contribution >= 4 is 46.8 Å². The molecule has 0 aromatic heterocycles. The maximum Gasteiger partial charge on any atom is 0.264 e. The summed E-state index contributed by atoms with van der Waals surface area (Å²) in [6.07, 6.45) is 11.8. The van der Waals surface area contributed by atoms with Gasteiger partial charge in [-0.2, -0.15) is 5.26 Å². The predicted octanol–water partition coefficient (Wildman–Crippen LogP) is 7.01. The maximum atomic E-state index is 14.9. The van der Waals surface area contributed by atoms with E-state index in [0.717, 1.165) is 68.3 Å². The summed E-state index contributed by atoms with van der Waals surface area (Å²) in [5.74, 6) is -2.59. The second-order valence-electron chi connectivity index (χ2n) is 21.3. The number of nitrogens with zero attached hydrogens (tertiary/aromatic N) is 2. The molecule has 1 aromatic rings. The van der Waals surface area contributed by atoms with Crippen LogP contribution in [-0.2, 0) is 24.0 Å². The van der Waals surface area contributed by atoms with Crippen molar-refractivity contribution in [3.63, 3.8) is 0 Å². The molecule has 1 saturated heterocycles. The van der Waals surface area contributed by atoms with E-state index in [-0.39, 0.29) is 75.6 Å². The number of ketones is 2. The number of piperidine rings is 1. The Hall–Kier alpha value is -4.92. The van der Waals surface area contributed by atoms with E-state index in [4.69, 9.17) is 0 Å². The van der Waals surface area contributed by atoms with Crippen LogP contribution in [0.25, 0.3) is 0 Å². The summed E-state index contributed by atoms with van der Waals surface area (Å²) in [6.45, 7) is 16.2. The van der Waals surface area contributed by atoms with Crippen molar-refractivity contribution in [2.75, 3.05) is 18.4 Å². The van der Waals surface area contributed by atoms with Crippen molar-refractivity contribution in [2.24, 2.45) is 50.2 Å². The summed E-state index contributed by atoms with van der Waals surface area (Å²) in [5, 5.41) is 18.9. The molecule has 3 N–H and O–H groups in total. The Morgan fingerprint density at radius 2 is 1.61 bits per heavy atom. The van der Waals surface area contributed by atoms with Crippen molar-refractivity contribution in [1.82, 2.24) is 15.5 Å². The summed E-state index contributed by atoms with van der Waals surface area (Å²) in [6, 6.07) is 6.19. The van der Waals surface area contributed by atoms with Gasteiger partial charge in [0.2, 0.25) is 17.7 Å². The first-order chi connectivity index (χ1) is 28.7. The van der Waals surface area contributed by atoms with Crippen LogP contribution in [0.15, 0.2) is 41.5 Å². The van der Waals surface area contributed by atoms with E-state index >= 15 is 0 Å². The minimum Gasteiger partial charge on any atom is -0.384 e. The standard InChI is InChI=1S/C49H61N5O7/c1-44(2)18-20-49(43(61)52-23-10-8-9-22-51-31-13-11-12-29-37(31)42(60)54(41(29)59)32-14-15-36(56)53-40(32)58)21-19-48(7)38(30(49)26-44)33(55)24-35-46(5)25-28(27-50)39(57)45(3,4)34(46)16-17-47(35,48)6/h11-13,24-25,30,32,34,38,51H,8-10,14-23,26H2,1-7H3,(H,52,61)(H,53,56,58). The number of carbonyl (C=O) groups excluding carboxylic acids is 7. The fraction of sp³-hybridized carbons (Fsp3) is 0.633. The number of hydrogen-bond donors (Lipinski definition) is 3. The lowest BCUT2D eigenvalue weighted by atomic mass is 9.34. The van der Waals surface area contributed by atoms with Gasteiger partial charge in [0.15, 0.2) is 11.6 Å². The van der Waals surface area contributed by atoms with Gasteiger partial charge in [-0.1, -0.05) is 66.2 Å². The lowest BCUT2D eigenvalue weighted by molar-refractivity contribution is -0.178. The number of hydrogen-bond acceptors (Lipinski definition) is 9. The van der Waals surface area contributed by atoms with Gasteiger partial charge in [0.05, 0.1) is 22.1 Å². The molecule has 5 aliphatic carbocycles. The summed E-state index contributed by atoms with van der Waals surface area (Å²) in [4.78, 5) is 94.8. The molecule has 4 fully saturated rings. The zero-order valence-corrected chi connectivity index (χ0v) is 36.8. The second kappa shape index (κ2) is 14.6. The number of anilines is 1. The summed E-state index contributed by atoms with van der Waals surface area (Å²) in [5.41, 5.74) is -0.528. The first-order valence-electron chi connectivity index (χ1n) is 22.5. The SMILES string of the molecule is CC1(C)CCC2(C(=O)NCCCCCNc3cccc4c3C(=O)N(C3CCC(=O)NC3=O)C4=O)CCC3(C)C(C(=O)C=C4C5(C)C=C(C#N)C(=O)C(C)(C)C5CCC43C)C2C1. The fourth-order valence-corrected chi connectivity index (χ4v) is 13.7. The molecule has 12 heteroatoms. The van der Waals surface area contributed by atoms with Crippen molar-refractivity contribution in [2.45, 2.75) is 132 Å². The summed E-state index contributed by atoms with van der Waals surface area (Å²) < 4.78 is 0. The van der Waals surface area contributed by atoms with Gasteiger partial charge >= 0.3 is 0 Å². The largest absolute Gasteiger partial charge is 0.384 e. The van der Waals surface area contributed by atoms with Gasteiger partial charge in [0.25, 0.3) is 11.8 Å². The number of Topliss-reactive ketones (excluding diaryl/α,β-unsaturated/α-hetero) is 1. The van der Waals surface area contributed by atoms with E-state index in [1.54, 1.807) is 18.2 Å². The first kappa shape index (κ1) is 42.8. The Balaban J connectivity index is 0.933. The quantitative estimate of drug-likeness (QED) is 0.174. The highest BCUT2D eigenvalue weighted by molar-refractivity contribution is 6.25. The number of rotatable bonds is 9. The normalized spacial score (nSPS) is 35.9. The van der Waals surface area contributed by atoms with Crippen LogP contribution in [0.2, 0.25) is 0 Å². The Morgan fingerprint density at radius 1 is 0.885 bits per heavy atom. The average molecular weight is 832 g/mol. The van der Waals surface area contributed by atoms with Gasteiger partial charge in [-0.25, -0.2) is 0 Å². The third kappa shape index (κ3) is 6.29. The van der Waals surface area contributed by atoms with Crippen molar-refractivity contribution < 1.29 is 33.6 Å². The van der Waals surface area contributed by atoms with Crippen LogP contribution in [0, 0.1) is 61.6 Å². The molecule has 8 unspecified atom stereocenters. The Bertz CT molecular complexity index is 2270. The van der Waals surface area contributed by atoms with Crippen LogP contribution in [-0.4, -0.2) is 65.1 Å². The molecule has 2 heterocycles. The number of nitrogens with one attached hydrogen (secondary N) is 3. The zero-order chi connectivity index (χ0) is 44.1. The van der Waals surface area contributed by atoms with Gasteiger partial charge in [0.1, 0.15) is 12.1 Å². The van der Waals surface area contributed by atoms with E-state index in [0.29, 0.717) is 25.2 Å². The third-order valence-corrected chi connectivity index (χ3v) is 17.2. The average Bonchev–Trinajstić information content (AvgIpc) is 3.45.